The number of aromatic nitrogens is 2. The molecule has 0 aliphatic heterocycles. The molecule has 0 atom stereocenters. The van der Waals surface area contributed by atoms with E-state index in [9.17, 15) is 4.79 Å². The van der Waals surface area contributed by atoms with Crippen molar-refractivity contribution in [1.29, 1.82) is 0 Å². The third-order valence-corrected chi connectivity index (χ3v) is 5.29. The molecule has 20 heavy (non-hydrogen) atoms. The van der Waals surface area contributed by atoms with E-state index in [0.29, 0.717) is 6.54 Å². The minimum absolute atomic E-state index is 0.0193. The Labute approximate surface area is 125 Å². The van der Waals surface area contributed by atoms with Crippen LogP contribution >= 0.6 is 22.7 Å². The van der Waals surface area contributed by atoms with Gasteiger partial charge in [-0.2, -0.15) is 0 Å². The second-order valence-corrected chi connectivity index (χ2v) is 6.59. The second-order valence-electron chi connectivity index (χ2n) is 4.58. The highest BCUT2D eigenvalue weighted by Gasteiger charge is 2.12. The number of nitrogens with zero attached hydrogens (tertiary/aromatic N) is 2. The number of carbonyl (C=O) groups is 1. The van der Waals surface area contributed by atoms with Crippen molar-refractivity contribution in [3.8, 4) is 0 Å². The lowest BCUT2D eigenvalue weighted by molar-refractivity contribution is 0.0954. The van der Waals surface area contributed by atoms with Gasteiger partial charge in [0.1, 0.15) is 0 Å². The van der Waals surface area contributed by atoms with Crippen LogP contribution in [0.4, 0.5) is 0 Å². The number of imidazole rings is 1. The molecule has 0 aliphatic carbocycles. The van der Waals surface area contributed by atoms with E-state index in [1.807, 2.05) is 28.2 Å². The molecule has 0 spiro atoms. The number of fused-ring (bicyclic) bond motifs is 1. The summed E-state index contributed by atoms with van der Waals surface area (Å²) in [5, 5.41) is 4.92. The molecule has 0 aliphatic rings. The molecule has 104 valence electrons. The molecule has 0 unspecified atom stereocenters. The minimum atomic E-state index is -0.0193. The molecule has 3 aromatic heterocycles. The summed E-state index contributed by atoms with van der Waals surface area (Å²) in [5.41, 5.74) is 2.08. The molecule has 0 saturated carbocycles. The predicted molar refractivity (Wildman–Crippen MR) is 82.7 cm³/mol. The average molecular weight is 305 g/mol. The Morgan fingerprint density at radius 3 is 3.05 bits per heavy atom. The van der Waals surface area contributed by atoms with Crippen LogP contribution < -0.4 is 5.32 Å². The zero-order valence-corrected chi connectivity index (χ0v) is 13.0. The van der Waals surface area contributed by atoms with Crippen LogP contribution in [0.3, 0.4) is 0 Å². The maximum Gasteiger partial charge on any atom is 0.261 e. The summed E-state index contributed by atoms with van der Waals surface area (Å²) in [6, 6.07) is 1.96. The first-order valence-electron chi connectivity index (χ1n) is 6.46. The van der Waals surface area contributed by atoms with Crippen LogP contribution in [0.5, 0.6) is 0 Å². The third-order valence-electron chi connectivity index (χ3n) is 3.14. The summed E-state index contributed by atoms with van der Waals surface area (Å²) < 4.78 is 1.97. The number of amides is 1. The van der Waals surface area contributed by atoms with Crippen molar-refractivity contribution in [1.82, 2.24) is 14.7 Å². The Kier molecular flexibility index (Phi) is 3.58. The van der Waals surface area contributed by atoms with Crippen LogP contribution in [0.15, 0.2) is 23.8 Å². The predicted octanol–water partition coefficient (Wildman–Crippen LogP) is 3.26. The van der Waals surface area contributed by atoms with Crippen molar-refractivity contribution in [3.05, 3.63) is 44.9 Å². The summed E-state index contributed by atoms with van der Waals surface area (Å²) in [5.74, 6) is -0.0193. The Morgan fingerprint density at radius 2 is 2.35 bits per heavy atom. The van der Waals surface area contributed by atoms with Crippen molar-refractivity contribution in [2.24, 2.45) is 0 Å². The van der Waals surface area contributed by atoms with Crippen LogP contribution in [0.2, 0.25) is 0 Å². The van der Waals surface area contributed by atoms with Crippen molar-refractivity contribution < 1.29 is 4.79 Å². The smallest absolute Gasteiger partial charge is 0.261 e. The highest BCUT2D eigenvalue weighted by Crippen LogP contribution is 2.22. The van der Waals surface area contributed by atoms with Gasteiger partial charge in [-0.25, -0.2) is 4.98 Å². The molecule has 1 amide bonds. The molecule has 3 aromatic rings. The Hall–Kier alpha value is -1.66. The van der Waals surface area contributed by atoms with Crippen LogP contribution in [-0.4, -0.2) is 15.3 Å². The van der Waals surface area contributed by atoms with Gasteiger partial charge in [0, 0.05) is 22.7 Å². The number of hydrogen-bond acceptors (Lipinski definition) is 4. The number of rotatable bonds is 4. The van der Waals surface area contributed by atoms with E-state index in [-0.39, 0.29) is 5.91 Å². The molecular weight excluding hydrogens is 290 g/mol. The van der Waals surface area contributed by atoms with E-state index in [1.54, 1.807) is 22.7 Å². The van der Waals surface area contributed by atoms with Gasteiger partial charge in [0.2, 0.25) is 0 Å². The van der Waals surface area contributed by atoms with Gasteiger partial charge in [-0.3, -0.25) is 9.20 Å². The molecule has 3 rings (SSSR count). The Balaban J connectivity index is 1.68. The summed E-state index contributed by atoms with van der Waals surface area (Å²) in [4.78, 5) is 19.6. The molecule has 0 saturated heterocycles. The SMILES string of the molecule is CCc1sc(C(=O)NCc2cn3ccsc3n2)cc1C. The zero-order chi connectivity index (χ0) is 14.1. The van der Waals surface area contributed by atoms with Gasteiger partial charge in [-0.05, 0) is 25.0 Å². The van der Waals surface area contributed by atoms with E-state index < -0.39 is 0 Å². The zero-order valence-electron chi connectivity index (χ0n) is 11.3. The van der Waals surface area contributed by atoms with Crippen LogP contribution in [0, 0.1) is 6.92 Å². The standard InChI is InChI=1S/C14H15N3OS2/c1-3-11-9(2)6-12(20-11)13(18)15-7-10-8-17-4-5-19-14(17)16-10/h4-6,8H,3,7H2,1-2H3,(H,15,18). The largest absolute Gasteiger partial charge is 0.346 e. The molecule has 0 radical (unpaired) electrons. The lowest BCUT2D eigenvalue weighted by Gasteiger charge is -2.00. The van der Waals surface area contributed by atoms with Crippen molar-refractivity contribution in [2.45, 2.75) is 26.8 Å². The monoisotopic (exact) mass is 305 g/mol. The first-order chi connectivity index (χ1) is 9.67. The number of nitrogens with one attached hydrogen (secondary N) is 1. The van der Waals surface area contributed by atoms with Gasteiger partial charge in [0.15, 0.2) is 4.96 Å². The summed E-state index contributed by atoms with van der Waals surface area (Å²) in [7, 11) is 0. The van der Waals surface area contributed by atoms with Crippen LogP contribution in [0.25, 0.3) is 4.96 Å². The molecular formula is C14H15N3OS2. The molecule has 0 bridgehead atoms. The first kappa shape index (κ1) is 13.3. The van der Waals surface area contributed by atoms with E-state index >= 15 is 0 Å². The number of thiazole rings is 1. The van der Waals surface area contributed by atoms with Crippen LogP contribution in [-0.2, 0) is 13.0 Å². The lowest BCUT2D eigenvalue weighted by atomic mass is 10.2. The fourth-order valence-electron chi connectivity index (χ4n) is 2.10. The van der Waals surface area contributed by atoms with Gasteiger partial charge >= 0.3 is 0 Å². The minimum Gasteiger partial charge on any atom is -0.346 e. The maximum absolute atomic E-state index is 12.1. The van der Waals surface area contributed by atoms with Gasteiger partial charge < -0.3 is 5.32 Å². The fraction of sp³-hybridized carbons (Fsp3) is 0.286. The van der Waals surface area contributed by atoms with Crippen LogP contribution in [0.1, 0.15) is 32.7 Å². The maximum atomic E-state index is 12.1. The summed E-state index contributed by atoms with van der Waals surface area (Å²) >= 11 is 3.16. The Bertz CT molecular complexity index is 725. The fourth-order valence-corrected chi connectivity index (χ4v) is 3.85. The lowest BCUT2D eigenvalue weighted by Crippen LogP contribution is -2.21. The molecule has 1 N–H and O–H groups in total. The Morgan fingerprint density at radius 1 is 1.50 bits per heavy atom. The topological polar surface area (TPSA) is 46.4 Å². The quantitative estimate of drug-likeness (QED) is 0.804. The van der Waals surface area contributed by atoms with Crippen molar-refractivity contribution >= 4 is 33.5 Å². The van der Waals surface area contributed by atoms with Gasteiger partial charge in [0.05, 0.1) is 17.1 Å². The second kappa shape index (κ2) is 5.38. The average Bonchev–Trinajstić information content (AvgIpc) is 3.09. The van der Waals surface area contributed by atoms with Crippen molar-refractivity contribution in [3.63, 3.8) is 0 Å². The number of carbonyl (C=O) groups excluding carboxylic acids is 1. The molecule has 6 heteroatoms. The number of aryl methyl sites for hydroxylation is 2. The summed E-state index contributed by atoms with van der Waals surface area (Å²) in [6.45, 7) is 4.62. The van der Waals surface area contributed by atoms with Gasteiger partial charge in [0.25, 0.3) is 5.91 Å². The number of hydrogen-bond donors (Lipinski definition) is 1. The first-order valence-corrected chi connectivity index (χ1v) is 8.15. The normalized spacial score (nSPS) is 11.1. The highest BCUT2D eigenvalue weighted by molar-refractivity contribution is 7.15. The van der Waals surface area contributed by atoms with Crippen molar-refractivity contribution in [2.75, 3.05) is 0 Å². The van der Waals surface area contributed by atoms with E-state index in [2.05, 4.69) is 24.1 Å². The molecule has 0 fully saturated rings. The summed E-state index contributed by atoms with van der Waals surface area (Å²) in [6.07, 6.45) is 4.89. The molecule has 4 nitrogen and oxygen atoms in total. The van der Waals surface area contributed by atoms with E-state index in [4.69, 9.17) is 0 Å². The van der Waals surface area contributed by atoms with E-state index in [1.165, 1.54) is 10.4 Å². The molecule has 0 aromatic carbocycles. The number of thiophene rings is 1. The highest BCUT2D eigenvalue weighted by atomic mass is 32.1. The van der Waals surface area contributed by atoms with Gasteiger partial charge in [-0.15, -0.1) is 22.7 Å². The van der Waals surface area contributed by atoms with Gasteiger partial charge in [-0.1, -0.05) is 6.92 Å². The third kappa shape index (κ3) is 2.48. The molecule has 3 heterocycles. The van der Waals surface area contributed by atoms with E-state index in [0.717, 1.165) is 22.0 Å².